The number of nitrogens with one attached hydrogen (secondary N) is 1. The molecule has 4 nitrogen and oxygen atoms in total. The van der Waals surface area contributed by atoms with Crippen molar-refractivity contribution in [2.24, 2.45) is 0 Å². The van der Waals surface area contributed by atoms with Crippen LogP contribution in [0, 0.1) is 0 Å². The summed E-state index contributed by atoms with van der Waals surface area (Å²) in [4.78, 5) is 14.6. The molecule has 2 heterocycles. The summed E-state index contributed by atoms with van der Waals surface area (Å²) in [5.74, 6) is 0.251. The standard InChI is InChI=1S/C13H22N2O2/c16-11-8-13(14-9-11)6-7-15(12(13)17)10-4-2-1-3-5-10/h10-11,14,16H,1-9H2/t11-,13?/m1/s1. The van der Waals surface area contributed by atoms with Gasteiger partial charge >= 0.3 is 0 Å². The first-order chi connectivity index (χ1) is 8.21. The number of rotatable bonds is 1. The average molecular weight is 238 g/mol. The van der Waals surface area contributed by atoms with E-state index in [0.717, 1.165) is 13.0 Å². The van der Waals surface area contributed by atoms with Crippen molar-refractivity contribution in [2.45, 2.75) is 62.6 Å². The van der Waals surface area contributed by atoms with Gasteiger partial charge in [-0.1, -0.05) is 19.3 Å². The first kappa shape index (κ1) is 11.5. The quantitative estimate of drug-likeness (QED) is 0.705. The molecule has 2 N–H and O–H groups in total. The Morgan fingerprint density at radius 1 is 1.29 bits per heavy atom. The fourth-order valence-corrected chi connectivity index (χ4v) is 3.75. The number of likely N-dealkylation sites (tertiary alicyclic amines) is 1. The molecule has 96 valence electrons. The molecule has 4 heteroatoms. The molecular formula is C13H22N2O2. The minimum Gasteiger partial charge on any atom is -0.392 e. The summed E-state index contributed by atoms with van der Waals surface area (Å²) in [6.45, 7) is 1.45. The molecule has 17 heavy (non-hydrogen) atoms. The van der Waals surface area contributed by atoms with Gasteiger partial charge < -0.3 is 15.3 Å². The van der Waals surface area contributed by atoms with Crippen LogP contribution in [0.1, 0.15) is 44.9 Å². The Kier molecular flexibility index (Phi) is 2.87. The van der Waals surface area contributed by atoms with Crippen molar-refractivity contribution in [1.29, 1.82) is 0 Å². The van der Waals surface area contributed by atoms with Gasteiger partial charge in [0.1, 0.15) is 5.54 Å². The van der Waals surface area contributed by atoms with Crippen LogP contribution in [-0.4, -0.2) is 46.7 Å². The molecule has 0 aromatic heterocycles. The van der Waals surface area contributed by atoms with Gasteiger partial charge in [-0.3, -0.25) is 4.79 Å². The molecule has 3 aliphatic rings. The molecule has 0 bridgehead atoms. The van der Waals surface area contributed by atoms with Gasteiger partial charge in [-0.2, -0.15) is 0 Å². The van der Waals surface area contributed by atoms with Crippen LogP contribution in [0.25, 0.3) is 0 Å². The summed E-state index contributed by atoms with van der Waals surface area (Å²) in [6.07, 6.45) is 7.32. The molecule has 3 fully saturated rings. The third kappa shape index (κ3) is 1.87. The maximum atomic E-state index is 12.5. The molecule has 1 saturated carbocycles. The lowest BCUT2D eigenvalue weighted by molar-refractivity contribution is -0.135. The highest BCUT2D eigenvalue weighted by molar-refractivity contribution is 5.89. The van der Waals surface area contributed by atoms with E-state index in [0.29, 0.717) is 19.0 Å². The van der Waals surface area contributed by atoms with E-state index >= 15 is 0 Å². The van der Waals surface area contributed by atoms with Gasteiger partial charge in [0.25, 0.3) is 0 Å². The van der Waals surface area contributed by atoms with Crippen LogP contribution in [0.5, 0.6) is 0 Å². The number of hydrogen-bond acceptors (Lipinski definition) is 3. The molecular weight excluding hydrogens is 216 g/mol. The second kappa shape index (κ2) is 4.25. The van der Waals surface area contributed by atoms with E-state index in [9.17, 15) is 9.90 Å². The highest BCUT2D eigenvalue weighted by Crippen LogP contribution is 2.35. The predicted octanol–water partition coefficient (Wildman–Crippen LogP) is 0.644. The molecule has 1 unspecified atom stereocenters. The zero-order valence-corrected chi connectivity index (χ0v) is 10.3. The topological polar surface area (TPSA) is 52.6 Å². The summed E-state index contributed by atoms with van der Waals surface area (Å²) in [5, 5.41) is 12.9. The second-order valence-corrected chi connectivity index (χ2v) is 5.86. The summed E-state index contributed by atoms with van der Waals surface area (Å²) >= 11 is 0. The minimum atomic E-state index is -0.420. The van der Waals surface area contributed by atoms with Crippen molar-refractivity contribution in [3.8, 4) is 0 Å². The molecule has 2 atom stereocenters. The van der Waals surface area contributed by atoms with E-state index in [4.69, 9.17) is 0 Å². The van der Waals surface area contributed by atoms with Crippen LogP contribution < -0.4 is 5.32 Å². The van der Waals surface area contributed by atoms with Gasteiger partial charge in [0, 0.05) is 25.6 Å². The van der Waals surface area contributed by atoms with Gasteiger partial charge in [0.15, 0.2) is 0 Å². The van der Waals surface area contributed by atoms with Crippen LogP contribution in [0.4, 0.5) is 0 Å². The number of aliphatic hydroxyl groups is 1. The largest absolute Gasteiger partial charge is 0.392 e. The van der Waals surface area contributed by atoms with Gasteiger partial charge in [-0.15, -0.1) is 0 Å². The predicted molar refractivity (Wildman–Crippen MR) is 64.6 cm³/mol. The Labute approximate surface area is 102 Å². The lowest BCUT2D eigenvalue weighted by atomic mass is 9.93. The van der Waals surface area contributed by atoms with Gasteiger partial charge in [-0.05, 0) is 19.3 Å². The number of carbonyl (C=O) groups excluding carboxylic acids is 1. The van der Waals surface area contributed by atoms with Gasteiger partial charge in [-0.25, -0.2) is 0 Å². The smallest absolute Gasteiger partial charge is 0.243 e. The molecule has 2 aliphatic heterocycles. The maximum Gasteiger partial charge on any atom is 0.243 e. The first-order valence-electron chi connectivity index (χ1n) is 6.95. The zero-order chi connectivity index (χ0) is 11.9. The lowest BCUT2D eigenvalue weighted by Gasteiger charge is -2.32. The fourth-order valence-electron chi connectivity index (χ4n) is 3.75. The summed E-state index contributed by atoms with van der Waals surface area (Å²) in [6, 6.07) is 0.468. The maximum absolute atomic E-state index is 12.5. The summed E-state index contributed by atoms with van der Waals surface area (Å²) < 4.78 is 0. The van der Waals surface area contributed by atoms with E-state index in [1.807, 2.05) is 0 Å². The monoisotopic (exact) mass is 238 g/mol. The average Bonchev–Trinajstić information content (AvgIpc) is 2.87. The highest BCUT2D eigenvalue weighted by atomic mass is 16.3. The van der Waals surface area contributed by atoms with E-state index in [1.165, 1.54) is 32.1 Å². The van der Waals surface area contributed by atoms with Crippen molar-refractivity contribution >= 4 is 5.91 Å². The number of nitrogens with zero attached hydrogens (tertiary/aromatic N) is 1. The molecule has 0 radical (unpaired) electrons. The van der Waals surface area contributed by atoms with Gasteiger partial charge in [0.2, 0.25) is 5.91 Å². The Balaban J connectivity index is 1.71. The van der Waals surface area contributed by atoms with Crippen molar-refractivity contribution in [3.63, 3.8) is 0 Å². The number of β-amino-alcohol motifs (C(OH)–C–C–N with tert-alkyl or cyclic N) is 1. The molecule has 1 amide bonds. The van der Waals surface area contributed by atoms with E-state index in [1.54, 1.807) is 0 Å². The SMILES string of the molecule is O=C1N(C2CCCCC2)CCC12C[C@@H](O)CN2. The Morgan fingerprint density at radius 3 is 2.71 bits per heavy atom. The van der Waals surface area contributed by atoms with Crippen LogP contribution in [0.3, 0.4) is 0 Å². The number of amides is 1. The van der Waals surface area contributed by atoms with E-state index < -0.39 is 5.54 Å². The number of hydrogen-bond donors (Lipinski definition) is 2. The van der Waals surface area contributed by atoms with Crippen molar-refractivity contribution in [3.05, 3.63) is 0 Å². The van der Waals surface area contributed by atoms with Gasteiger partial charge in [0.05, 0.1) is 6.10 Å². The third-order valence-electron chi connectivity index (χ3n) is 4.73. The van der Waals surface area contributed by atoms with Crippen LogP contribution in [-0.2, 0) is 4.79 Å². The summed E-state index contributed by atoms with van der Waals surface area (Å²) in [5.41, 5.74) is -0.420. The number of aliphatic hydroxyl groups excluding tert-OH is 1. The molecule has 0 aromatic rings. The Morgan fingerprint density at radius 2 is 2.06 bits per heavy atom. The van der Waals surface area contributed by atoms with Crippen LogP contribution in [0.2, 0.25) is 0 Å². The third-order valence-corrected chi connectivity index (χ3v) is 4.73. The fraction of sp³-hybridized carbons (Fsp3) is 0.923. The number of carbonyl (C=O) groups is 1. The van der Waals surface area contributed by atoms with E-state index in [-0.39, 0.29) is 12.0 Å². The zero-order valence-electron chi connectivity index (χ0n) is 10.3. The Hall–Kier alpha value is -0.610. The van der Waals surface area contributed by atoms with E-state index in [2.05, 4.69) is 10.2 Å². The first-order valence-corrected chi connectivity index (χ1v) is 6.95. The molecule has 1 aliphatic carbocycles. The van der Waals surface area contributed by atoms with Crippen molar-refractivity contribution in [2.75, 3.05) is 13.1 Å². The lowest BCUT2D eigenvalue weighted by Crippen LogP contribution is -2.50. The van der Waals surface area contributed by atoms with Crippen molar-refractivity contribution < 1.29 is 9.90 Å². The van der Waals surface area contributed by atoms with Crippen molar-refractivity contribution in [1.82, 2.24) is 10.2 Å². The normalized spacial score (nSPS) is 39.5. The molecule has 2 saturated heterocycles. The second-order valence-electron chi connectivity index (χ2n) is 5.86. The minimum absolute atomic E-state index is 0.251. The van der Waals surface area contributed by atoms with Crippen LogP contribution >= 0.6 is 0 Å². The molecule has 0 aromatic carbocycles. The molecule has 3 rings (SSSR count). The molecule has 1 spiro atoms. The highest BCUT2D eigenvalue weighted by Gasteiger charge is 2.52. The Bertz CT molecular complexity index is 315. The summed E-state index contributed by atoms with van der Waals surface area (Å²) in [7, 11) is 0. The van der Waals surface area contributed by atoms with Crippen LogP contribution in [0.15, 0.2) is 0 Å².